The molecule has 1 N–H and O–H groups in total. The van der Waals surface area contributed by atoms with E-state index in [1.54, 1.807) is 0 Å². The molecule has 21 heavy (non-hydrogen) atoms. The number of aliphatic hydroxyl groups excluding tert-OH is 1. The van der Waals surface area contributed by atoms with E-state index in [4.69, 9.17) is 11.6 Å². The second kappa shape index (κ2) is 7.02. The average Bonchev–Trinajstić information content (AvgIpc) is 2.41. The van der Waals surface area contributed by atoms with Gasteiger partial charge in [0.15, 0.2) is 0 Å². The van der Waals surface area contributed by atoms with Gasteiger partial charge in [-0.1, -0.05) is 54.4 Å². The van der Waals surface area contributed by atoms with Crippen molar-refractivity contribution in [1.82, 2.24) is 0 Å². The molecule has 1 nitrogen and oxygen atoms in total. The van der Waals surface area contributed by atoms with Crippen molar-refractivity contribution < 1.29 is 5.11 Å². The zero-order valence-corrected chi connectivity index (χ0v) is 15.5. The summed E-state index contributed by atoms with van der Waals surface area (Å²) < 4.78 is 0.983. The maximum atomic E-state index is 10.5. The molecule has 0 bridgehead atoms. The van der Waals surface area contributed by atoms with Crippen molar-refractivity contribution >= 4 is 27.5 Å². The van der Waals surface area contributed by atoms with E-state index in [9.17, 15) is 5.11 Å². The smallest absolute Gasteiger partial charge is 0.0609 e. The molecule has 1 aliphatic rings. The summed E-state index contributed by atoms with van der Waals surface area (Å²) in [4.78, 5) is 0. The molecular formula is C18H26BrClO. The first-order chi connectivity index (χ1) is 9.77. The van der Waals surface area contributed by atoms with Gasteiger partial charge in [0.25, 0.3) is 0 Å². The first-order valence-electron chi connectivity index (χ1n) is 7.89. The average molecular weight is 374 g/mol. The van der Waals surface area contributed by atoms with E-state index in [0.717, 1.165) is 33.8 Å². The minimum absolute atomic E-state index is 0.274. The van der Waals surface area contributed by atoms with E-state index in [1.165, 1.54) is 12.8 Å². The van der Waals surface area contributed by atoms with Gasteiger partial charge in [-0.15, -0.1) is 0 Å². The van der Waals surface area contributed by atoms with Gasteiger partial charge in [-0.25, -0.2) is 0 Å². The SMILES string of the molecule is CC(C)(C)C1CCC(C(O)Cc2ccc(Br)cc2Cl)CC1. The number of hydrogen-bond donors (Lipinski definition) is 1. The first-order valence-corrected chi connectivity index (χ1v) is 9.06. The Morgan fingerprint density at radius 2 is 1.86 bits per heavy atom. The van der Waals surface area contributed by atoms with Crippen molar-refractivity contribution in [2.75, 3.05) is 0 Å². The summed E-state index contributed by atoms with van der Waals surface area (Å²) in [7, 11) is 0. The molecule has 0 heterocycles. The van der Waals surface area contributed by atoms with Gasteiger partial charge in [-0.2, -0.15) is 0 Å². The van der Waals surface area contributed by atoms with Crippen LogP contribution in [-0.4, -0.2) is 11.2 Å². The Labute approximate surface area is 142 Å². The number of rotatable bonds is 3. The Morgan fingerprint density at radius 3 is 2.38 bits per heavy atom. The molecule has 118 valence electrons. The fourth-order valence-corrected chi connectivity index (χ4v) is 4.20. The van der Waals surface area contributed by atoms with Crippen molar-refractivity contribution in [2.45, 2.75) is 59.0 Å². The van der Waals surface area contributed by atoms with Crippen LogP contribution in [0, 0.1) is 17.3 Å². The molecule has 0 saturated heterocycles. The number of aliphatic hydroxyl groups is 1. The van der Waals surface area contributed by atoms with Crippen LogP contribution >= 0.6 is 27.5 Å². The number of halogens is 2. The van der Waals surface area contributed by atoms with Crippen LogP contribution < -0.4 is 0 Å². The summed E-state index contributed by atoms with van der Waals surface area (Å²) in [6.45, 7) is 6.99. The van der Waals surface area contributed by atoms with Crippen LogP contribution in [0.4, 0.5) is 0 Å². The van der Waals surface area contributed by atoms with Crippen LogP contribution in [0.3, 0.4) is 0 Å². The van der Waals surface area contributed by atoms with E-state index in [-0.39, 0.29) is 6.10 Å². The highest BCUT2D eigenvalue weighted by Crippen LogP contribution is 2.41. The molecule has 1 saturated carbocycles. The lowest BCUT2D eigenvalue weighted by Crippen LogP contribution is -2.31. The van der Waals surface area contributed by atoms with E-state index in [1.807, 2.05) is 18.2 Å². The van der Waals surface area contributed by atoms with Crippen molar-refractivity contribution in [2.24, 2.45) is 17.3 Å². The lowest BCUT2D eigenvalue weighted by atomic mass is 9.68. The maximum Gasteiger partial charge on any atom is 0.0609 e. The molecule has 1 aromatic rings. The zero-order valence-electron chi connectivity index (χ0n) is 13.2. The normalized spacial score (nSPS) is 24.9. The standard InChI is InChI=1S/C18H26BrClO/c1-18(2,3)14-7-4-12(5-8-14)17(21)10-13-6-9-15(19)11-16(13)20/h6,9,11-12,14,17,21H,4-5,7-8,10H2,1-3H3. The van der Waals surface area contributed by atoms with E-state index in [2.05, 4.69) is 36.7 Å². The summed E-state index contributed by atoms with van der Waals surface area (Å²) >= 11 is 9.67. The third-order valence-electron chi connectivity index (χ3n) is 4.98. The molecule has 1 unspecified atom stereocenters. The fourth-order valence-electron chi connectivity index (χ4n) is 3.45. The van der Waals surface area contributed by atoms with Crippen LogP contribution in [0.25, 0.3) is 0 Å². The molecule has 1 fully saturated rings. The Balaban J connectivity index is 1.92. The molecule has 2 rings (SSSR count). The molecule has 1 aromatic carbocycles. The zero-order chi connectivity index (χ0) is 15.6. The van der Waals surface area contributed by atoms with Crippen LogP contribution in [-0.2, 0) is 6.42 Å². The van der Waals surface area contributed by atoms with Crippen molar-refractivity contribution in [1.29, 1.82) is 0 Å². The third kappa shape index (κ3) is 4.71. The predicted octanol–water partition coefficient (Wildman–Crippen LogP) is 5.86. The lowest BCUT2D eigenvalue weighted by Gasteiger charge is -2.38. The van der Waals surface area contributed by atoms with Crippen molar-refractivity contribution in [3.63, 3.8) is 0 Å². The summed E-state index contributed by atoms with van der Waals surface area (Å²) in [6, 6.07) is 5.90. The van der Waals surface area contributed by atoms with Crippen LogP contribution in [0.5, 0.6) is 0 Å². The quantitative estimate of drug-likeness (QED) is 0.703. The minimum atomic E-state index is -0.274. The molecule has 1 atom stereocenters. The summed E-state index contributed by atoms with van der Waals surface area (Å²) in [5.74, 6) is 1.21. The van der Waals surface area contributed by atoms with Crippen molar-refractivity contribution in [3.8, 4) is 0 Å². The van der Waals surface area contributed by atoms with E-state index in [0.29, 0.717) is 17.8 Å². The van der Waals surface area contributed by atoms with Crippen LogP contribution in [0.2, 0.25) is 5.02 Å². The summed E-state index contributed by atoms with van der Waals surface area (Å²) in [6.07, 6.45) is 5.13. The molecule has 0 spiro atoms. The van der Waals surface area contributed by atoms with Gasteiger partial charge in [-0.05, 0) is 60.6 Å². The molecule has 0 aromatic heterocycles. The fraction of sp³-hybridized carbons (Fsp3) is 0.667. The maximum absolute atomic E-state index is 10.5. The topological polar surface area (TPSA) is 20.2 Å². The van der Waals surface area contributed by atoms with Crippen molar-refractivity contribution in [3.05, 3.63) is 33.3 Å². The van der Waals surface area contributed by atoms with E-state index >= 15 is 0 Å². The molecule has 0 aliphatic heterocycles. The Kier molecular flexibility index (Phi) is 5.78. The molecule has 3 heteroatoms. The van der Waals surface area contributed by atoms with Gasteiger partial charge in [0.05, 0.1) is 6.10 Å². The predicted molar refractivity (Wildman–Crippen MR) is 93.8 cm³/mol. The van der Waals surface area contributed by atoms with Gasteiger partial charge in [-0.3, -0.25) is 0 Å². The van der Waals surface area contributed by atoms with Gasteiger partial charge in [0.1, 0.15) is 0 Å². The second-order valence-electron chi connectivity index (χ2n) is 7.48. The highest BCUT2D eigenvalue weighted by molar-refractivity contribution is 9.10. The lowest BCUT2D eigenvalue weighted by molar-refractivity contribution is 0.0537. The molecular weight excluding hydrogens is 348 g/mol. The minimum Gasteiger partial charge on any atom is -0.392 e. The summed E-state index contributed by atoms with van der Waals surface area (Å²) in [5.41, 5.74) is 1.44. The van der Waals surface area contributed by atoms with Gasteiger partial charge in [0.2, 0.25) is 0 Å². The highest BCUT2D eigenvalue weighted by atomic mass is 79.9. The Morgan fingerprint density at radius 1 is 1.24 bits per heavy atom. The number of benzene rings is 1. The number of hydrogen-bond acceptors (Lipinski definition) is 1. The van der Waals surface area contributed by atoms with Gasteiger partial charge in [0, 0.05) is 15.9 Å². The largest absolute Gasteiger partial charge is 0.392 e. The van der Waals surface area contributed by atoms with Gasteiger partial charge >= 0.3 is 0 Å². The second-order valence-corrected chi connectivity index (χ2v) is 8.81. The molecule has 0 radical (unpaired) electrons. The molecule has 1 aliphatic carbocycles. The Hall–Kier alpha value is -0.0500. The monoisotopic (exact) mass is 372 g/mol. The van der Waals surface area contributed by atoms with Gasteiger partial charge < -0.3 is 5.11 Å². The van der Waals surface area contributed by atoms with E-state index < -0.39 is 0 Å². The summed E-state index contributed by atoms with van der Waals surface area (Å²) in [5, 5.41) is 11.3. The highest BCUT2D eigenvalue weighted by Gasteiger charge is 2.32. The van der Waals surface area contributed by atoms with Crippen LogP contribution in [0.1, 0.15) is 52.0 Å². The van der Waals surface area contributed by atoms with Crippen LogP contribution in [0.15, 0.2) is 22.7 Å². The first kappa shape index (κ1) is 17.3. The Bertz CT molecular complexity index is 473. The molecule has 0 amide bonds. The third-order valence-corrected chi connectivity index (χ3v) is 5.83.